The Bertz CT molecular complexity index is 380. The summed E-state index contributed by atoms with van der Waals surface area (Å²) >= 11 is 5.67. The molecule has 0 aliphatic rings. The monoisotopic (exact) mass is 248 g/mol. The molecule has 2 nitrogen and oxygen atoms in total. The van der Waals surface area contributed by atoms with Crippen LogP contribution in [-0.4, -0.2) is 11.1 Å². The molecule has 0 atom stereocenters. The van der Waals surface area contributed by atoms with E-state index in [9.17, 15) is 13.6 Å². The van der Waals surface area contributed by atoms with Crippen molar-refractivity contribution in [3.8, 4) is 0 Å². The minimum atomic E-state index is -2.63. The first-order valence-electron chi connectivity index (χ1n) is 4.79. The van der Waals surface area contributed by atoms with Crippen LogP contribution >= 0.6 is 11.6 Å². The molecule has 88 valence electrons. The van der Waals surface area contributed by atoms with Crippen LogP contribution in [0.1, 0.15) is 30.4 Å². The number of hydrogen-bond donors (Lipinski definition) is 1. The Kier molecular flexibility index (Phi) is 4.68. The lowest BCUT2D eigenvalue weighted by Crippen LogP contribution is -1.99. The average molecular weight is 249 g/mol. The average Bonchev–Trinajstić information content (AvgIpc) is 2.16. The smallest absolute Gasteiger partial charge is 0.303 e. The molecule has 0 saturated heterocycles. The van der Waals surface area contributed by atoms with E-state index in [1.54, 1.807) is 12.1 Å². The molecule has 0 spiro atoms. The van der Waals surface area contributed by atoms with Gasteiger partial charge in [0.2, 0.25) is 0 Å². The van der Waals surface area contributed by atoms with Crippen molar-refractivity contribution in [3.05, 3.63) is 34.3 Å². The number of carbonyl (C=O) groups is 1. The molecule has 1 rings (SSSR count). The fourth-order valence-corrected chi connectivity index (χ4v) is 1.75. The van der Waals surface area contributed by atoms with Gasteiger partial charge < -0.3 is 5.11 Å². The fraction of sp³-hybridized carbons (Fsp3) is 0.364. The highest BCUT2D eigenvalue weighted by Crippen LogP contribution is 2.30. The lowest BCUT2D eigenvalue weighted by Gasteiger charge is -2.09. The summed E-state index contributed by atoms with van der Waals surface area (Å²) in [6.45, 7) is 0. The van der Waals surface area contributed by atoms with Gasteiger partial charge in [-0.05, 0) is 24.5 Å². The Morgan fingerprint density at radius 1 is 1.44 bits per heavy atom. The molecule has 5 heteroatoms. The molecule has 0 bridgehead atoms. The number of carboxylic acids is 1. The Hall–Kier alpha value is -1.16. The zero-order valence-electron chi connectivity index (χ0n) is 8.42. The number of halogens is 3. The number of carboxylic acid groups (broad SMARTS) is 1. The minimum absolute atomic E-state index is 0.0304. The number of hydrogen-bond acceptors (Lipinski definition) is 1. The number of aryl methyl sites for hydroxylation is 1. The molecule has 0 aromatic heterocycles. The maximum Gasteiger partial charge on any atom is 0.303 e. The quantitative estimate of drug-likeness (QED) is 0.863. The molecule has 1 N–H and O–H groups in total. The van der Waals surface area contributed by atoms with Gasteiger partial charge in [-0.15, -0.1) is 0 Å². The predicted molar refractivity (Wildman–Crippen MR) is 57.0 cm³/mol. The molecular formula is C11H11ClF2O2. The second kappa shape index (κ2) is 5.80. The molecule has 0 fully saturated rings. The highest BCUT2D eigenvalue weighted by Gasteiger charge is 2.16. The molecule has 0 aliphatic heterocycles. The van der Waals surface area contributed by atoms with E-state index < -0.39 is 12.4 Å². The second-order valence-electron chi connectivity index (χ2n) is 3.36. The van der Waals surface area contributed by atoms with Crippen LogP contribution in [0, 0.1) is 0 Å². The third-order valence-electron chi connectivity index (χ3n) is 2.20. The molecule has 1 aromatic rings. The number of alkyl halides is 2. The molecule has 0 saturated carbocycles. The highest BCUT2D eigenvalue weighted by atomic mass is 35.5. The number of benzene rings is 1. The normalized spacial score (nSPS) is 10.8. The number of rotatable bonds is 5. The van der Waals surface area contributed by atoms with Crippen LogP contribution in [0.5, 0.6) is 0 Å². The Labute approximate surface area is 96.8 Å². The molecule has 1 aromatic carbocycles. The van der Waals surface area contributed by atoms with Crippen LogP contribution in [0.4, 0.5) is 8.78 Å². The first-order valence-corrected chi connectivity index (χ1v) is 5.17. The van der Waals surface area contributed by atoms with E-state index >= 15 is 0 Å². The SMILES string of the molecule is O=C(O)CCCc1cccc(Cl)c1C(F)F. The fourth-order valence-electron chi connectivity index (χ4n) is 1.47. The first kappa shape index (κ1) is 12.9. The summed E-state index contributed by atoms with van der Waals surface area (Å²) in [5.74, 6) is -0.930. The van der Waals surface area contributed by atoms with Crippen LogP contribution in [0.25, 0.3) is 0 Å². The molecule has 0 aliphatic carbocycles. The van der Waals surface area contributed by atoms with Gasteiger partial charge in [0.15, 0.2) is 0 Å². The van der Waals surface area contributed by atoms with Gasteiger partial charge in [-0.1, -0.05) is 23.7 Å². The van der Waals surface area contributed by atoms with Gasteiger partial charge in [0.1, 0.15) is 0 Å². The van der Waals surface area contributed by atoms with E-state index in [1.807, 2.05) is 0 Å². The summed E-state index contributed by atoms with van der Waals surface area (Å²) in [4.78, 5) is 10.3. The van der Waals surface area contributed by atoms with E-state index in [0.717, 1.165) is 0 Å². The van der Waals surface area contributed by atoms with Crippen LogP contribution in [-0.2, 0) is 11.2 Å². The van der Waals surface area contributed by atoms with Crippen LogP contribution in [0.3, 0.4) is 0 Å². The molecular weight excluding hydrogens is 238 g/mol. The number of aliphatic carboxylic acids is 1. The Morgan fingerprint density at radius 3 is 2.69 bits per heavy atom. The summed E-state index contributed by atoms with van der Waals surface area (Å²) < 4.78 is 25.3. The van der Waals surface area contributed by atoms with Crippen molar-refractivity contribution in [2.75, 3.05) is 0 Å². The van der Waals surface area contributed by atoms with E-state index in [-0.39, 0.29) is 17.0 Å². The van der Waals surface area contributed by atoms with E-state index in [1.165, 1.54) is 6.07 Å². The van der Waals surface area contributed by atoms with Crippen molar-refractivity contribution >= 4 is 17.6 Å². The predicted octanol–water partition coefficient (Wildman–Crippen LogP) is 3.68. The Morgan fingerprint density at radius 2 is 2.12 bits per heavy atom. The van der Waals surface area contributed by atoms with Crippen molar-refractivity contribution in [2.24, 2.45) is 0 Å². The van der Waals surface area contributed by atoms with E-state index in [0.29, 0.717) is 18.4 Å². The van der Waals surface area contributed by atoms with E-state index in [4.69, 9.17) is 16.7 Å². The lowest BCUT2D eigenvalue weighted by atomic mass is 10.0. The van der Waals surface area contributed by atoms with Gasteiger partial charge in [-0.2, -0.15) is 0 Å². The maximum absolute atomic E-state index is 12.7. The zero-order chi connectivity index (χ0) is 12.1. The van der Waals surface area contributed by atoms with Gasteiger partial charge in [0.25, 0.3) is 6.43 Å². The summed E-state index contributed by atoms with van der Waals surface area (Å²) in [5, 5.41) is 8.48. The largest absolute Gasteiger partial charge is 0.481 e. The molecule has 16 heavy (non-hydrogen) atoms. The topological polar surface area (TPSA) is 37.3 Å². The van der Waals surface area contributed by atoms with Crippen LogP contribution in [0.15, 0.2) is 18.2 Å². The second-order valence-corrected chi connectivity index (χ2v) is 3.77. The van der Waals surface area contributed by atoms with Crippen molar-refractivity contribution in [1.82, 2.24) is 0 Å². The van der Waals surface area contributed by atoms with Gasteiger partial charge in [-0.25, -0.2) is 8.78 Å². The molecule has 0 radical (unpaired) electrons. The van der Waals surface area contributed by atoms with Crippen molar-refractivity contribution in [3.63, 3.8) is 0 Å². The summed E-state index contributed by atoms with van der Waals surface area (Å²) in [6.07, 6.45) is -2.04. The van der Waals surface area contributed by atoms with Crippen molar-refractivity contribution < 1.29 is 18.7 Å². The minimum Gasteiger partial charge on any atom is -0.481 e. The van der Waals surface area contributed by atoms with Crippen LogP contribution < -0.4 is 0 Å². The summed E-state index contributed by atoms with van der Waals surface area (Å²) in [5.41, 5.74) is 0.235. The summed E-state index contributed by atoms with van der Waals surface area (Å²) in [6, 6.07) is 4.54. The zero-order valence-corrected chi connectivity index (χ0v) is 9.18. The van der Waals surface area contributed by atoms with Gasteiger partial charge in [0.05, 0.1) is 0 Å². The van der Waals surface area contributed by atoms with Gasteiger partial charge in [0, 0.05) is 17.0 Å². The van der Waals surface area contributed by atoms with E-state index in [2.05, 4.69) is 0 Å². The van der Waals surface area contributed by atoms with Crippen LogP contribution in [0.2, 0.25) is 5.02 Å². The Balaban J connectivity index is 2.79. The van der Waals surface area contributed by atoms with Crippen molar-refractivity contribution in [2.45, 2.75) is 25.7 Å². The van der Waals surface area contributed by atoms with Crippen molar-refractivity contribution in [1.29, 1.82) is 0 Å². The maximum atomic E-state index is 12.7. The molecule has 0 unspecified atom stereocenters. The van der Waals surface area contributed by atoms with Gasteiger partial charge >= 0.3 is 5.97 Å². The third kappa shape index (κ3) is 3.45. The third-order valence-corrected chi connectivity index (χ3v) is 2.53. The summed E-state index contributed by atoms with van der Waals surface area (Å²) in [7, 11) is 0. The first-order chi connectivity index (χ1) is 7.52. The molecule has 0 amide bonds. The lowest BCUT2D eigenvalue weighted by molar-refractivity contribution is -0.137. The standard InChI is InChI=1S/C11H11ClF2O2/c12-8-5-1-3-7(10(8)11(13)14)4-2-6-9(15)16/h1,3,5,11H,2,4,6H2,(H,15,16). The molecule has 0 heterocycles. The van der Waals surface area contributed by atoms with Gasteiger partial charge in [-0.3, -0.25) is 4.79 Å². The highest BCUT2D eigenvalue weighted by molar-refractivity contribution is 6.31.